The largest absolute Gasteiger partial charge is 0.494 e. The first-order valence-electron chi connectivity index (χ1n) is 6.89. The number of hydrogen-bond acceptors (Lipinski definition) is 4. The Morgan fingerprint density at radius 1 is 1.21 bits per heavy atom. The quantitative estimate of drug-likeness (QED) is 0.637. The van der Waals surface area contributed by atoms with E-state index in [0.717, 1.165) is 0 Å². The van der Waals surface area contributed by atoms with E-state index in [-0.39, 0.29) is 16.1 Å². The van der Waals surface area contributed by atoms with Gasteiger partial charge in [0, 0.05) is 11.6 Å². The third-order valence-corrected chi connectivity index (χ3v) is 3.62. The van der Waals surface area contributed by atoms with Crippen LogP contribution in [0.4, 0.5) is 10.1 Å². The molecule has 0 unspecified atom stereocenters. The van der Waals surface area contributed by atoms with Crippen molar-refractivity contribution in [3.8, 4) is 5.75 Å². The Bertz CT molecular complexity index is 1060. The number of H-pyrrole nitrogens is 2. The fraction of sp³-hybridized carbons (Fsp3) is 0.0625. The average Bonchev–Trinajstić information content (AvgIpc) is 2.55. The third kappa shape index (κ3) is 3.04. The average molecular weight is 345 g/mol. The molecule has 1 aromatic heterocycles. The van der Waals surface area contributed by atoms with Crippen LogP contribution in [0.3, 0.4) is 0 Å². The highest BCUT2D eigenvalue weighted by Gasteiger charge is 2.12. The van der Waals surface area contributed by atoms with Gasteiger partial charge in [-0.15, -0.1) is 0 Å². The summed E-state index contributed by atoms with van der Waals surface area (Å²) >= 11 is 4.92. The first-order valence-corrected chi connectivity index (χ1v) is 7.30. The Balaban J connectivity index is 1.97. The number of fused-ring (bicyclic) bond motifs is 1. The second-order valence-corrected chi connectivity index (χ2v) is 5.38. The lowest BCUT2D eigenvalue weighted by atomic mass is 10.1. The number of aromatic amines is 2. The number of benzene rings is 2. The van der Waals surface area contributed by atoms with Gasteiger partial charge in [-0.05, 0) is 42.5 Å². The van der Waals surface area contributed by atoms with E-state index in [1.165, 1.54) is 43.5 Å². The van der Waals surface area contributed by atoms with Crippen LogP contribution in [0, 0.1) is 10.6 Å². The van der Waals surface area contributed by atoms with E-state index >= 15 is 0 Å². The summed E-state index contributed by atoms with van der Waals surface area (Å²) in [6.45, 7) is 0. The van der Waals surface area contributed by atoms with Gasteiger partial charge in [0.25, 0.3) is 11.5 Å². The number of carbonyl (C=O) groups excluding carboxylic acids is 1. The molecule has 1 amide bonds. The van der Waals surface area contributed by atoms with Crippen LogP contribution in [0.15, 0.2) is 41.2 Å². The van der Waals surface area contributed by atoms with Crippen molar-refractivity contribution in [2.45, 2.75) is 0 Å². The molecule has 0 saturated heterocycles. The van der Waals surface area contributed by atoms with Gasteiger partial charge in [-0.1, -0.05) is 0 Å². The van der Waals surface area contributed by atoms with Crippen molar-refractivity contribution in [3.63, 3.8) is 0 Å². The van der Waals surface area contributed by atoms with Gasteiger partial charge in [-0.3, -0.25) is 14.6 Å². The van der Waals surface area contributed by atoms with Crippen molar-refractivity contribution in [1.29, 1.82) is 0 Å². The molecule has 3 rings (SSSR count). The number of anilines is 1. The second kappa shape index (κ2) is 6.25. The van der Waals surface area contributed by atoms with Gasteiger partial charge in [-0.25, -0.2) is 4.39 Å². The molecule has 0 bridgehead atoms. The van der Waals surface area contributed by atoms with E-state index in [1.54, 1.807) is 0 Å². The van der Waals surface area contributed by atoms with Crippen molar-refractivity contribution in [2.24, 2.45) is 0 Å². The highest BCUT2D eigenvalue weighted by Crippen LogP contribution is 2.25. The Morgan fingerprint density at radius 3 is 2.75 bits per heavy atom. The van der Waals surface area contributed by atoms with Crippen LogP contribution in [0.25, 0.3) is 10.9 Å². The topological polar surface area (TPSA) is 87.0 Å². The standard InChI is InChI=1S/C16H12FN3O3S/c1-23-13-7-9(17)3-5-11(13)18-14(21)8-2-4-10-12(6-8)19-16(24)20-15(10)22/h2-7H,1H3,(H,18,21)(H2,19,20,22,24). The normalized spacial score (nSPS) is 10.6. The monoisotopic (exact) mass is 345 g/mol. The summed E-state index contributed by atoms with van der Waals surface area (Å²) < 4.78 is 18.4. The molecule has 0 radical (unpaired) electrons. The predicted octanol–water partition coefficient (Wildman–Crippen LogP) is 2.99. The molecule has 1 heterocycles. The van der Waals surface area contributed by atoms with Gasteiger partial charge in [0.2, 0.25) is 0 Å². The molecule has 3 N–H and O–H groups in total. The van der Waals surface area contributed by atoms with Gasteiger partial charge in [0.05, 0.1) is 23.7 Å². The summed E-state index contributed by atoms with van der Waals surface area (Å²) in [6, 6.07) is 8.36. The third-order valence-electron chi connectivity index (χ3n) is 3.41. The molecule has 8 heteroatoms. The molecule has 0 saturated carbocycles. The van der Waals surface area contributed by atoms with Crippen molar-refractivity contribution >= 4 is 34.7 Å². The number of halogens is 1. The molecule has 6 nitrogen and oxygen atoms in total. The predicted molar refractivity (Wildman–Crippen MR) is 90.7 cm³/mol. The number of hydrogen-bond donors (Lipinski definition) is 3. The first-order chi connectivity index (χ1) is 11.5. The molecule has 3 aromatic rings. The Hall–Kier alpha value is -3.00. The number of aromatic nitrogens is 2. The minimum atomic E-state index is -0.470. The molecule has 122 valence electrons. The number of methoxy groups -OCH3 is 1. The summed E-state index contributed by atoms with van der Waals surface area (Å²) in [6.07, 6.45) is 0. The van der Waals surface area contributed by atoms with Gasteiger partial charge in [-0.2, -0.15) is 0 Å². The van der Waals surface area contributed by atoms with Crippen LogP contribution in [0.1, 0.15) is 10.4 Å². The lowest BCUT2D eigenvalue weighted by molar-refractivity contribution is 0.102. The van der Waals surface area contributed by atoms with E-state index < -0.39 is 11.7 Å². The zero-order valence-electron chi connectivity index (χ0n) is 12.5. The van der Waals surface area contributed by atoms with E-state index in [2.05, 4.69) is 15.3 Å². The molecule has 0 aliphatic heterocycles. The zero-order valence-corrected chi connectivity index (χ0v) is 13.3. The van der Waals surface area contributed by atoms with Crippen LogP contribution in [0.5, 0.6) is 5.75 Å². The molecular formula is C16H12FN3O3S. The summed E-state index contributed by atoms with van der Waals surface area (Å²) in [5.41, 5.74) is 0.761. The zero-order chi connectivity index (χ0) is 17.3. The van der Waals surface area contributed by atoms with Crippen LogP contribution < -0.4 is 15.6 Å². The van der Waals surface area contributed by atoms with E-state index in [4.69, 9.17) is 17.0 Å². The van der Waals surface area contributed by atoms with Crippen molar-refractivity contribution < 1.29 is 13.9 Å². The molecular weight excluding hydrogens is 333 g/mol. The van der Waals surface area contributed by atoms with Gasteiger partial charge < -0.3 is 15.0 Å². The summed E-state index contributed by atoms with van der Waals surface area (Å²) in [4.78, 5) is 29.5. The van der Waals surface area contributed by atoms with Crippen molar-refractivity contribution in [1.82, 2.24) is 9.97 Å². The fourth-order valence-electron chi connectivity index (χ4n) is 2.27. The van der Waals surface area contributed by atoms with Crippen molar-refractivity contribution in [2.75, 3.05) is 12.4 Å². The van der Waals surface area contributed by atoms with Gasteiger partial charge in [0.1, 0.15) is 11.6 Å². The second-order valence-electron chi connectivity index (χ2n) is 4.97. The van der Waals surface area contributed by atoms with E-state index in [1.807, 2.05) is 0 Å². The number of ether oxygens (including phenoxy) is 1. The van der Waals surface area contributed by atoms with Crippen LogP contribution in [0.2, 0.25) is 0 Å². The summed E-state index contributed by atoms with van der Waals surface area (Å²) in [7, 11) is 1.38. The Labute approximate surface area is 140 Å². The molecule has 24 heavy (non-hydrogen) atoms. The summed E-state index contributed by atoms with van der Waals surface area (Å²) in [5, 5.41) is 3.03. The smallest absolute Gasteiger partial charge is 0.259 e. The maximum atomic E-state index is 13.2. The number of nitrogens with one attached hydrogen (secondary N) is 3. The molecule has 0 aliphatic rings. The van der Waals surface area contributed by atoms with Crippen LogP contribution in [-0.2, 0) is 0 Å². The van der Waals surface area contributed by atoms with Crippen LogP contribution in [-0.4, -0.2) is 23.0 Å². The van der Waals surface area contributed by atoms with E-state index in [0.29, 0.717) is 22.2 Å². The molecule has 2 aromatic carbocycles. The lowest BCUT2D eigenvalue weighted by Gasteiger charge is -2.10. The SMILES string of the molecule is COc1cc(F)ccc1NC(=O)c1ccc2c(=O)[nH]c(=S)[nH]c2c1. The molecule has 0 spiro atoms. The number of carbonyl (C=O) groups is 1. The molecule has 0 aliphatic carbocycles. The maximum absolute atomic E-state index is 13.2. The lowest BCUT2D eigenvalue weighted by Crippen LogP contribution is -2.14. The maximum Gasteiger partial charge on any atom is 0.259 e. The van der Waals surface area contributed by atoms with Gasteiger partial charge >= 0.3 is 0 Å². The van der Waals surface area contributed by atoms with Crippen molar-refractivity contribution in [3.05, 3.63) is 62.9 Å². The van der Waals surface area contributed by atoms with Crippen LogP contribution >= 0.6 is 12.2 Å². The Morgan fingerprint density at radius 2 is 2.00 bits per heavy atom. The highest BCUT2D eigenvalue weighted by atomic mass is 32.1. The number of amides is 1. The van der Waals surface area contributed by atoms with Gasteiger partial charge in [0.15, 0.2) is 4.77 Å². The minimum Gasteiger partial charge on any atom is -0.494 e. The molecule has 0 fully saturated rings. The number of rotatable bonds is 3. The Kier molecular flexibility index (Phi) is 4.13. The summed E-state index contributed by atoms with van der Waals surface area (Å²) in [5.74, 6) is -0.691. The minimum absolute atomic E-state index is 0.172. The first kappa shape index (κ1) is 15.9. The fourth-order valence-corrected chi connectivity index (χ4v) is 2.48. The van der Waals surface area contributed by atoms with E-state index in [9.17, 15) is 14.0 Å². The molecule has 0 atom stereocenters. The highest BCUT2D eigenvalue weighted by molar-refractivity contribution is 7.71.